The maximum absolute atomic E-state index is 3.63. The molecule has 0 nitrogen and oxygen atoms in total. The minimum absolute atomic E-state index is 0.706. The van der Waals surface area contributed by atoms with Crippen molar-refractivity contribution in [2.24, 2.45) is 5.92 Å². The van der Waals surface area contributed by atoms with Crippen molar-refractivity contribution in [1.29, 1.82) is 0 Å². The molecule has 0 bridgehead atoms. The van der Waals surface area contributed by atoms with E-state index in [0.29, 0.717) is 5.92 Å². The van der Waals surface area contributed by atoms with Gasteiger partial charge >= 0.3 is 0 Å². The van der Waals surface area contributed by atoms with Crippen molar-refractivity contribution in [3.05, 3.63) is 19.1 Å². The van der Waals surface area contributed by atoms with Crippen LogP contribution in [0.5, 0.6) is 0 Å². The molecule has 0 aliphatic rings. The second kappa shape index (κ2) is 3.91. The van der Waals surface area contributed by atoms with Gasteiger partial charge in [-0.3, -0.25) is 0 Å². The lowest BCUT2D eigenvalue weighted by Gasteiger charge is -1.99. The van der Waals surface area contributed by atoms with Crippen LogP contribution >= 0.6 is 0 Å². The molecule has 0 aromatic heterocycles. The Hall–Kier alpha value is -0.260. The fraction of sp³-hybridized carbons (Fsp3) is 0.571. The zero-order valence-corrected chi connectivity index (χ0v) is 5.15. The molecule has 0 aliphatic heterocycles. The fourth-order valence-electron chi connectivity index (χ4n) is 0.399. The van der Waals surface area contributed by atoms with Crippen molar-refractivity contribution in [2.45, 2.75) is 20.3 Å². The fourth-order valence-corrected chi connectivity index (χ4v) is 0.399. The summed E-state index contributed by atoms with van der Waals surface area (Å²) in [5, 5.41) is 0. The lowest BCUT2D eigenvalue weighted by molar-refractivity contribution is 0.689. The molecule has 0 heterocycles. The van der Waals surface area contributed by atoms with Gasteiger partial charge in [0, 0.05) is 0 Å². The van der Waals surface area contributed by atoms with Crippen LogP contribution < -0.4 is 0 Å². The first-order valence-corrected chi connectivity index (χ1v) is 2.71. The number of hydrogen-bond donors (Lipinski definition) is 0. The minimum atomic E-state index is 0.706. The summed E-state index contributed by atoms with van der Waals surface area (Å²) in [6.45, 7) is 7.89. The third-order valence-corrected chi connectivity index (χ3v) is 1.11. The Bertz CT molecular complexity index is 46.0. The predicted molar refractivity (Wildman–Crippen MR) is 34.0 cm³/mol. The molecule has 0 aromatic carbocycles. The maximum atomic E-state index is 3.63. The molecule has 7 heavy (non-hydrogen) atoms. The normalized spacial score (nSPS) is 13.4. The summed E-state index contributed by atoms with van der Waals surface area (Å²) in [6.07, 6.45) is 5.24. The van der Waals surface area contributed by atoms with Crippen molar-refractivity contribution in [3.8, 4) is 0 Å². The van der Waals surface area contributed by atoms with Gasteiger partial charge in [-0.15, -0.1) is 6.58 Å². The molecule has 0 rings (SSSR count). The minimum Gasteiger partial charge on any atom is -0.103 e. The van der Waals surface area contributed by atoms with Crippen molar-refractivity contribution in [1.82, 2.24) is 0 Å². The Balaban J connectivity index is 2.98. The van der Waals surface area contributed by atoms with E-state index in [-0.39, 0.29) is 0 Å². The molecule has 0 fully saturated rings. The van der Waals surface area contributed by atoms with Crippen LogP contribution in [0.15, 0.2) is 12.7 Å². The van der Waals surface area contributed by atoms with Gasteiger partial charge in [-0.2, -0.15) is 0 Å². The average Bonchev–Trinajstić information content (AvgIpc) is 1.68. The van der Waals surface area contributed by atoms with Gasteiger partial charge in [0.1, 0.15) is 0 Å². The van der Waals surface area contributed by atoms with E-state index in [2.05, 4.69) is 26.8 Å². The van der Waals surface area contributed by atoms with E-state index in [1.54, 1.807) is 0 Å². The van der Waals surface area contributed by atoms with Crippen molar-refractivity contribution < 1.29 is 0 Å². The highest BCUT2D eigenvalue weighted by Crippen LogP contribution is 2.03. The Kier molecular flexibility index (Phi) is 3.77. The van der Waals surface area contributed by atoms with E-state index in [1.807, 2.05) is 6.08 Å². The molecule has 0 N–H and O–H groups in total. The molecule has 0 amide bonds. The van der Waals surface area contributed by atoms with E-state index in [0.717, 1.165) is 6.42 Å². The van der Waals surface area contributed by atoms with Gasteiger partial charge in [-0.1, -0.05) is 19.9 Å². The summed E-state index contributed by atoms with van der Waals surface area (Å²) < 4.78 is 0. The quantitative estimate of drug-likeness (QED) is 0.474. The Morgan fingerprint density at radius 1 is 1.71 bits per heavy atom. The van der Waals surface area contributed by atoms with Crippen molar-refractivity contribution >= 4 is 0 Å². The maximum Gasteiger partial charge on any atom is -0.0325 e. The van der Waals surface area contributed by atoms with Crippen LogP contribution in [-0.4, -0.2) is 0 Å². The van der Waals surface area contributed by atoms with Crippen LogP contribution in [-0.2, 0) is 0 Å². The molecule has 0 heteroatoms. The highest BCUT2D eigenvalue weighted by molar-refractivity contribution is 4.76. The molecule has 0 saturated carbocycles. The molecule has 0 spiro atoms. The summed E-state index contributed by atoms with van der Waals surface area (Å²) in [5.74, 6) is 0.706. The third kappa shape index (κ3) is 3.57. The largest absolute Gasteiger partial charge is 0.103 e. The first-order chi connectivity index (χ1) is 3.31. The zero-order valence-electron chi connectivity index (χ0n) is 5.15. The van der Waals surface area contributed by atoms with Crippen LogP contribution in [0, 0.1) is 12.3 Å². The third-order valence-electron chi connectivity index (χ3n) is 1.11. The van der Waals surface area contributed by atoms with Crippen LogP contribution in [0.1, 0.15) is 20.3 Å². The highest BCUT2D eigenvalue weighted by Gasteiger charge is 1.91. The lowest BCUT2D eigenvalue weighted by Crippen LogP contribution is -1.87. The lowest BCUT2D eigenvalue weighted by atomic mass is 10.1. The highest BCUT2D eigenvalue weighted by atomic mass is 14.0. The molecule has 0 aliphatic carbocycles. The van der Waals surface area contributed by atoms with E-state index in [4.69, 9.17) is 0 Å². The molecular weight excluding hydrogens is 84.1 g/mol. The number of allylic oxidation sites excluding steroid dienone is 1. The van der Waals surface area contributed by atoms with Crippen molar-refractivity contribution in [3.63, 3.8) is 0 Å². The summed E-state index contributed by atoms with van der Waals surface area (Å²) in [7, 11) is 0. The Labute approximate surface area is 46.2 Å². The molecule has 1 radical (unpaired) electrons. The first-order valence-electron chi connectivity index (χ1n) is 2.71. The van der Waals surface area contributed by atoms with Crippen LogP contribution in [0.4, 0.5) is 0 Å². The number of rotatable bonds is 3. The molecule has 0 saturated heterocycles. The monoisotopic (exact) mass is 97.1 g/mol. The van der Waals surface area contributed by atoms with Gasteiger partial charge in [0.05, 0.1) is 0 Å². The zero-order chi connectivity index (χ0) is 5.70. The van der Waals surface area contributed by atoms with Gasteiger partial charge < -0.3 is 0 Å². The standard InChI is InChI=1S/C7H13/c1-4-6-7(3)5-2/h4-5,7H,1,6H2,2-3H3. The second-order valence-electron chi connectivity index (χ2n) is 1.83. The molecule has 1 unspecified atom stereocenters. The van der Waals surface area contributed by atoms with Gasteiger partial charge in [0.25, 0.3) is 0 Å². The van der Waals surface area contributed by atoms with E-state index in [1.165, 1.54) is 0 Å². The van der Waals surface area contributed by atoms with E-state index in [9.17, 15) is 0 Å². The SMILES string of the molecule is C=CCC(C)[CH]C. The smallest absolute Gasteiger partial charge is 0.0325 e. The molecule has 41 valence electrons. The molecule has 0 aromatic rings. The number of hydrogen-bond acceptors (Lipinski definition) is 0. The van der Waals surface area contributed by atoms with E-state index < -0.39 is 0 Å². The topological polar surface area (TPSA) is 0 Å². The van der Waals surface area contributed by atoms with Gasteiger partial charge in [0.15, 0.2) is 0 Å². The summed E-state index contributed by atoms with van der Waals surface area (Å²) in [6, 6.07) is 0. The Morgan fingerprint density at radius 2 is 2.29 bits per heavy atom. The summed E-state index contributed by atoms with van der Waals surface area (Å²) in [4.78, 5) is 0. The second-order valence-corrected chi connectivity index (χ2v) is 1.83. The molecule has 1 atom stereocenters. The molecular formula is C7H13. The summed E-state index contributed by atoms with van der Waals surface area (Å²) in [5.41, 5.74) is 0. The van der Waals surface area contributed by atoms with E-state index >= 15 is 0 Å². The Morgan fingerprint density at radius 3 is 2.43 bits per heavy atom. The van der Waals surface area contributed by atoms with Gasteiger partial charge in [-0.25, -0.2) is 0 Å². The average molecular weight is 97.2 g/mol. The summed E-state index contributed by atoms with van der Waals surface area (Å²) >= 11 is 0. The van der Waals surface area contributed by atoms with Crippen LogP contribution in [0.25, 0.3) is 0 Å². The van der Waals surface area contributed by atoms with Crippen LogP contribution in [0.2, 0.25) is 0 Å². The van der Waals surface area contributed by atoms with Crippen molar-refractivity contribution in [2.75, 3.05) is 0 Å². The first kappa shape index (κ1) is 6.74. The van der Waals surface area contributed by atoms with Gasteiger partial charge in [0.2, 0.25) is 0 Å². The van der Waals surface area contributed by atoms with Gasteiger partial charge in [-0.05, 0) is 18.8 Å². The predicted octanol–water partition coefficient (Wildman–Crippen LogP) is 2.42. The van der Waals surface area contributed by atoms with Crippen LogP contribution in [0.3, 0.4) is 0 Å².